The van der Waals surface area contributed by atoms with E-state index in [1.165, 1.54) is 11.1 Å². The Bertz CT molecular complexity index is 381. The molecule has 1 atom stereocenters. The fourth-order valence-corrected chi connectivity index (χ4v) is 2.63. The Balaban J connectivity index is 2.14. The van der Waals surface area contributed by atoms with Crippen molar-refractivity contribution in [2.75, 3.05) is 19.8 Å². The average Bonchev–Trinajstić information content (AvgIpc) is 2.34. The highest BCUT2D eigenvalue weighted by Crippen LogP contribution is 2.33. The molecule has 1 aliphatic heterocycles. The fourth-order valence-electron chi connectivity index (χ4n) is 2.63. The first-order valence-corrected chi connectivity index (χ1v) is 6.93. The minimum absolute atomic E-state index is 0.0873. The van der Waals surface area contributed by atoms with Crippen molar-refractivity contribution in [2.24, 2.45) is 11.7 Å². The van der Waals surface area contributed by atoms with Gasteiger partial charge < -0.3 is 10.5 Å². The number of ether oxygens (including phenoxy) is 1. The zero-order valence-corrected chi connectivity index (χ0v) is 11.8. The molecule has 0 aliphatic carbocycles. The maximum absolute atomic E-state index is 6.02. The zero-order valence-electron chi connectivity index (χ0n) is 11.8. The summed E-state index contributed by atoms with van der Waals surface area (Å²) in [4.78, 5) is 0. The van der Waals surface area contributed by atoms with Crippen molar-refractivity contribution >= 4 is 0 Å². The van der Waals surface area contributed by atoms with Crippen LogP contribution in [0.15, 0.2) is 24.3 Å². The van der Waals surface area contributed by atoms with Crippen LogP contribution >= 0.6 is 0 Å². The van der Waals surface area contributed by atoms with Crippen LogP contribution in [0.5, 0.6) is 0 Å². The lowest BCUT2D eigenvalue weighted by atomic mass is 9.74. The van der Waals surface area contributed by atoms with Crippen molar-refractivity contribution < 1.29 is 4.74 Å². The van der Waals surface area contributed by atoms with Crippen LogP contribution in [0.1, 0.15) is 44.2 Å². The van der Waals surface area contributed by atoms with Crippen LogP contribution in [0.3, 0.4) is 0 Å². The van der Waals surface area contributed by atoms with Crippen LogP contribution in [0, 0.1) is 5.92 Å². The molecule has 1 heterocycles. The number of nitrogens with two attached hydrogens (primary N) is 1. The summed E-state index contributed by atoms with van der Waals surface area (Å²) >= 11 is 0. The van der Waals surface area contributed by atoms with Gasteiger partial charge in [0.2, 0.25) is 0 Å². The van der Waals surface area contributed by atoms with Crippen molar-refractivity contribution in [3.63, 3.8) is 0 Å². The van der Waals surface area contributed by atoms with Crippen LogP contribution in [0.2, 0.25) is 0 Å². The summed E-state index contributed by atoms with van der Waals surface area (Å²) in [5.41, 5.74) is 8.87. The lowest BCUT2D eigenvalue weighted by Crippen LogP contribution is -2.39. The van der Waals surface area contributed by atoms with Gasteiger partial charge in [0.05, 0.1) is 13.2 Å². The molecular formula is C16H25NO. The third kappa shape index (κ3) is 2.76. The zero-order chi connectivity index (χ0) is 13.2. The minimum Gasteiger partial charge on any atom is -0.381 e. The highest BCUT2D eigenvalue weighted by molar-refractivity contribution is 5.30. The van der Waals surface area contributed by atoms with Crippen LogP contribution in [-0.4, -0.2) is 19.8 Å². The first-order valence-electron chi connectivity index (χ1n) is 6.93. The molecule has 1 saturated heterocycles. The normalized spacial score (nSPS) is 19.6. The van der Waals surface area contributed by atoms with Crippen LogP contribution < -0.4 is 5.73 Å². The number of benzene rings is 1. The monoisotopic (exact) mass is 247 g/mol. The third-order valence-electron chi connectivity index (χ3n) is 4.17. The lowest BCUT2D eigenvalue weighted by Gasteiger charge is -2.36. The Labute approximate surface area is 111 Å². The van der Waals surface area contributed by atoms with Gasteiger partial charge in [0.1, 0.15) is 0 Å². The van der Waals surface area contributed by atoms with Gasteiger partial charge in [0.15, 0.2) is 0 Å². The van der Waals surface area contributed by atoms with Gasteiger partial charge in [-0.05, 0) is 23.5 Å². The van der Waals surface area contributed by atoms with Crippen molar-refractivity contribution in [3.05, 3.63) is 35.4 Å². The first-order chi connectivity index (χ1) is 8.55. The molecule has 1 aromatic carbocycles. The van der Waals surface area contributed by atoms with E-state index in [0.29, 0.717) is 18.4 Å². The van der Waals surface area contributed by atoms with Gasteiger partial charge >= 0.3 is 0 Å². The molecule has 1 aliphatic rings. The molecule has 2 rings (SSSR count). The van der Waals surface area contributed by atoms with Crippen LogP contribution in [0.4, 0.5) is 0 Å². The van der Waals surface area contributed by atoms with E-state index in [2.05, 4.69) is 45.0 Å². The molecule has 0 spiro atoms. The molecule has 0 bridgehead atoms. The van der Waals surface area contributed by atoms with E-state index in [1.54, 1.807) is 0 Å². The molecule has 0 radical (unpaired) electrons. The molecule has 1 unspecified atom stereocenters. The summed E-state index contributed by atoms with van der Waals surface area (Å²) in [5.74, 6) is 1.27. The maximum Gasteiger partial charge on any atom is 0.0516 e. The molecule has 0 amide bonds. The Morgan fingerprint density at radius 3 is 2.28 bits per heavy atom. The second-order valence-electron chi connectivity index (χ2n) is 6.15. The number of hydrogen-bond acceptors (Lipinski definition) is 2. The summed E-state index contributed by atoms with van der Waals surface area (Å²) in [5, 5.41) is 0. The van der Waals surface area contributed by atoms with Gasteiger partial charge in [-0.3, -0.25) is 0 Å². The Kier molecular flexibility index (Phi) is 4.08. The Morgan fingerprint density at radius 2 is 1.89 bits per heavy atom. The molecule has 2 heteroatoms. The molecule has 0 saturated carbocycles. The van der Waals surface area contributed by atoms with E-state index < -0.39 is 0 Å². The molecule has 18 heavy (non-hydrogen) atoms. The summed E-state index contributed by atoms with van der Waals surface area (Å²) in [6.45, 7) is 9.23. The molecular weight excluding hydrogens is 222 g/mol. The van der Waals surface area contributed by atoms with E-state index in [9.17, 15) is 0 Å². The second-order valence-corrected chi connectivity index (χ2v) is 6.15. The summed E-state index contributed by atoms with van der Waals surface area (Å²) in [6.07, 6.45) is 1.13. The van der Waals surface area contributed by atoms with E-state index in [4.69, 9.17) is 10.5 Å². The van der Waals surface area contributed by atoms with Crippen LogP contribution in [0.25, 0.3) is 0 Å². The van der Waals surface area contributed by atoms with Gasteiger partial charge in [-0.15, -0.1) is 0 Å². The average molecular weight is 247 g/mol. The molecule has 2 nitrogen and oxygen atoms in total. The van der Waals surface area contributed by atoms with Gasteiger partial charge in [0, 0.05) is 17.9 Å². The topological polar surface area (TPSA) is 35.2 Å². The highest BCUT2D eigenvalue weighted by atomic mass is 16.5. The smallest absolute Gasteiger partial charge is 0.0516 e. The van der Waals surface area contributed by atoms with Gasteiger partial charge in [-0.25, -0.2) is 0 Å². The predicted molar refractivity (Wildman–Crippen MR) is 75.9 cm³/mol. The largest absolute Gasteiger partial charge is 0.381 e. The lowest BCUT2D eigenvalue weighted by molar-refractivity contribution is -0.0441. The number of rotatable bonds is 5. The minimum atomic E-state index is 0.0873. The summed E-state index contributed by atoms with van der Waals surface area (Å²) in [7, 11) is 0. The second kappa shape index (κ2) is 5.41. The molecule has 2 N–H and O–H groups in total. The van der Waals surface area contributed by atoms with Crippen molar-refractivity contribution in [2.45, 2.75) is 38.5 Å². The maximum atomic E-state index is 6.02. The van der Waals surface area contributed by atoms with Gasteiger partial charge in [-0.2, -0.15) is 0 Å². The summed E-state index contributed by atoms with van der Waals surface area (Å²) < 4.78 is 5.27. The van der Waals surface area contributed by atoms with Gasteiger partial charge in [-0.1, -0.05) is 45.0 Å². The molecule has 1 fully saturated rings. The van der Waals surface area contributed by atoms with Crippen LogP contribution in [-0.2, 0) is 10.2 Å². The third-order valence-corrected chi connectivity index (χ3v) is 4.17. The standard InChI is InChI=1S/C16H25NO/c1-12(2)14-4-6-15(7-5-14)16(3,11-17)8-13-9-18-10-13/h4-7,12-13H,8-11,17H2,1-3H3. The molecule has 0 aromatic heterocycles. The van der Waals surface area contributed by atoms with Crippen molar-refractivity contribution in [3.8, 4) is 0 Å². The van der Waals surface area contributed by atoms with Crippen molar-refractivity contribution in [1.29, 1.82) is 0 Å². The van der Waals surface area contributed by atoms with E-state index in [-0.39, 0.29) is 5.41 Å². The van der Waals surface area contributed by atoms with E-state index in [1.807, 2.05) is 0 Å². The quantitative estimate of drug-likeness (QED) is 0.868. The number of hydrogen-bond donors (Lipinski definition) is 1. The first kappa shape index (κ1) is 13.6. The predicted octanol–water partition coefficient (Wildman–Crippen LogP) is 3.06. The highest BCUT2D eigenvalue weighted by Gasteiger charge is 2.32. The van der Waals surface area contributed by atoms with Crippen molar-refractivity contribution in [1.82, 2.24) is 0 Å². The van der Waals surface area contributed by atoms with E-state index in [0.717, 1.165) is 19.6 Å². The van der Waals surface area contributed by atoms with E-state index >= 15 is 0 Å². The summed E-state index contributed by atoms with van der Waals surface area (Å²) in [6, 6.07) is 8.99. The Morgan fingerprint density at radius 1 is 1.28 bits per heavy atom. The molecule has 100 valence electrons. The SMILES string of the molecule is CC(C)c1ccc(C(C)(CN)CC2COC2)cc1. The van der Waals surface area contributed by atoms with Gasteiger partial charge in [0.25, 0.3) is 0 Å². The Hall–Kier alpha value is -0.860. The molecule has 1 aromatic rings. The fraction of sp³-hybridized carbons (Fsp3) is 0.625.